The van der Waals surface area contributed by atoms with Gasteiger partial charge in [0.25, 0.3) is 0 Å². The molecule has 0 bridgehead atoms. The van der Waals surface area contributed by atoms with Crippen molar-refractivity contribution in [2.24, 2.45) is 0 Å². The number of nitrogens with one attached hydrogen (secondary N) is 1. The Kier molecular flexibility index (Phi) is 3.16. The molecule has 1 N–H and O–H groups in total. The highest BCUT2D eigenvalue weighted by molar-refractivity contribution is 5.96. The summed E-state index contributed by atoms with van der Waals surface area (Å²) in [5.41, 5.74) is 1.58. The van der Waals surface area contributed by atoms with Crippen LogP contribution in [0.1, 0.15) is 26.7 Å². The van der Waals surface area contributed by atoms with Gasteiger partial charge in [0.05, 0.1) is 0 Å². The highest BCUT2D eigenvalue weighted by Gasteiger charge is 1.91. The average molecular weight is 111 g/mol. The smallest absolute Gasteiger partial charge is 0.0337 e. The summed E-state index contributed by atoms with van der Waals surface area (Å²) in [6, 6.07) is 0. The minimum atomic E-state index is 0.688. The maximum Gasteiger partial charge on any atom is 0.0337 e. The molecule has 0 saturated carbocycles. The summed E-state index contributed by atoms with van der Waals surface area (Å²) in [6.07, 6.45) is 1.92. The Morgan fingerprint density at radius 3 is 2.25 bits per heavy atom. The normalized spacial score (nSPS) is 8.75. The van der Waals surface area contributed by atoms with Gasteiger partial charge in [-0.3, -0.25) is 0 Å². The van der Waals surface area contributed by atoms with Crippen molar-refractivity contribution in [3.63, 3.8) is 0 Å². The second-order valence-electron chi connectivity index (χ2n) is 2.01. The van der Waals surface area contributed by atoms with Gasteiger partial charge < -0.3 is 5.41 Å². The molecule has 0 heterocycles. The van der Waals surface area contributed by atoms with Crippen molar-refractivity contribution in [1.29, 1.82) is 5.41 Å². The molecule has 0 aromatic carbocycles. The molecule has 0 aliphatic heterocycles. The third kappa shape index (κ3) is 2.56. The third-order valence-electron chi connectivity index (χ3n) is 1.02. The molecular weight excluding hydrogens is 98.1 g/mol. The first-order valence-corrected chi connectivity index (χ1v) is 2.91. The van der Waals surface area contributed by atoms with E-state index in [9.17, 15) is 0 Å². The molecule has 1 heteroatoms. The summed E-state index contributed by atoms with van der Waals surface area (Å²) in [7, 11) is 0. The van der Waals surface area contributed by atoms with E-state index < -0.39 is 0 Å². The van der Waals surface area contributed by atoms with Crippen molar-refractivity contribution in [3.8, 4) is 0 Å². The molecule has 0 aliphatic carbocycles. The summed E-state index contributed by atoms with van der Waals surface area (Å²) >= 11 is 0. The Morgan fingerprint density at radius 1 is 1.62 bits per heavy atom. The molecule has 0 spiro atoms. The van der Waals surface area contributed by atoms with Crippen LogP contribution in [0, 0.1) is 5.41 Å². The van der Waals surface area contributed by atoms with Crippen LogP contribution in [0.4, 0.5) is 0 Å². The van der Waals surface area contributed by atoms with Crippen molar-refractivity contribution < 1.29 is 0 Å². The van der Waals surface area contributed by atoms with Gasteiger partial charge in [-0.15, -0.1) is 0 Å². The van der Waals surface area contributed by atoms with Gasteiger partial charge in [0, 0.05) is 5.71 Å². The van der Waals surface area contributed by atoms with Crippen molar-refractivity contribution in [1.82, 2.24) is 0 Å². The zero-order valence-corrected chi connectivity index (χ0v) is 5.62. The Hall–Kier alpha value is -0.590. The van der Waals surface area contributed by atoms with E-state index in [0.717, 1.165) is 18.4 Å². The summed E-state index contributed by atoms with van der Waals surface area (Å²) in [5, 5.41) is 7.24. The lowest BCUT2D eigenvalue weighted by Crippen LogP contribution is -1.94. The second kappa shape index (κ2) is 3.42. The Labute approximate surface area is 50.9 Å². The molecule has 0 aromatic heterocycles. The first-order chi connectivity index (χ1) is 3.68. The monoisotopic (exact) mass is 111 g/mol. The van der Waals surface area contributed by atoms with Crippen LogP contribution in [0.2, 0.25) is 0 Å². The molecule has 0 rings (SSSR count). The Morgan fingerprint density at radius 2 is 2.12 bits per heavy atom. The third-order valence-corrected chi connectivity index (χ3v) is 1.02. The highest BCUT2D eigenvalue weighted by atomic mass is 14.4. The van der Waals surface area contributed by atoms with Crippen molar-refractivity contribution in [3.05, 3.63) is 12.2 Å². The minimum absolute atomic E-state index is 0.688. The van der Waals surface area contributed by atoms with Crippen molar-refractivity contribution >= 4 is 5.71 Å². The van der Waals surface area contributed by atoms with E-state index in [-0.39, 0.29) is 0 Å². The topological polar surface area (TPSA) is 23.9 Å². The number of hydrogen-bond acceptors (Lipinski definition) is 1. The van der Waals surface area contributed by atoms with Crippen LogP contribution in [0.25, 0.3) is 0 Å². The van der Waals surface area contributed by atoms with Gasteiger partial charge >= 0.3 is 0 Å². The molecule has 46 valence electrons. The first kappa shape index (κ1) is 7.41. The quantitative estimate of drug-likeness (QED) is 0.541. The zero-order valence-electron chi connectivity index (χ0n) is 5.62. The van der Waals surface area contributed by atoms with Crippen molar-refractivity contribution in [2.45, 2.75) is 26.7 Å². The predicted molar refractivity (Wildman–Crippen MR) is 37.4 cm³/mol. The molecule has 1 nitrogen and oxygen atoms in total. The fourth-order valence-corrected chi connectivity index (χ4v) is 0.463. The Balaban J connectivity index is 3.49. The number of hydrogen-bond donors (Lipinski definition) is 1. The van der Waals surface area contributed by atoms with Gasteiger partial charge in [0.1, 0.15) is 0 Å². The van der Waals surface area contributed by atoms with Crippen LogP contribution >= 0.6 is 0 Å². The predicted octanol–water partition coefficient (Wildman–Crippen LogP) is 2.38. The van der Waals surface area contributed by atoms with E-state index >= 15 is 0 Å². The molecular formula is C7H13N. The molecule has 0 aliphatic rings. The van der Waals surface area contributed by atoms with Crippen molar-refractivity contribution in [2.75, 3.05) is 0 Å². The van der Waals surface area contributed by atoms with Crippen LogP contribution in [-0.4, -0.2) is 5.71 Å². The molecule has 0 unspecified atom stereocenters. The fourth-order valence-electron chi connectivity index (χ4n) is 0.463. The van der Waals surface area contributed by atoms with Crippen LogP contribution in [-0.2, 0) is 0 Å². The van der Waals surface area contributed by atoms with Crippen LogP contribution in [0.3, 0.4) is 0 Å². The van der Waals surface area contributed by atoms with Gasteiger partial charge in [-0.1, -0.05) is 19.9 Å². The average Bonchev–Trinajstić information content (AvgIpc) is 1.67. The lowest BCUT2D eigenvalue weighted by Gasteiger charge is -1.96. The summed E-state index contributed by atoms with van der Waals surface area (Å²) in [6.45, 7) is 7.59. The standard InChI is InChI=1S/C7H13N/c1-4-5-7(8)6(2)3/h8H,2,4-5H2,1,3H3. The lowest BCUT2D eigenvalue weighted by atomic mass is 10.1. The van der Waals surface area contributed by atoms with E-state index in [1.54, 1.807) is 0 Å². The molecule has 0 fully saturated rings. The van der Waals surface area contributed by atoms with E-state index in [1.165, 1.54) is 0 Å². The largest absolute Gasteiger partial charge is 0.305 e. The van der Waals surface area contributed by atoms with Gasteiger partial charge in [0.2, 0.25) is 0 Å². The highest BCUT2D eigenvalue weighted by Crippen LogP contribution is 1.97. The molecule has 0 saturated heterocycles. The van der Waals surface area contributed by atoms with Gasteiger partial charge in [-0.05, 0) is 18.9 Å². The van der Waals surface area contributed by atoms with E-state index in [0.29, 0.717) is 5.71 Å². The van der Waals surface area contributed by atoms with E-state index in [1.807, 2.05) is 6.92 Å². The maximum absolute atomic E-state index is 7.24. The van der Waals surface area contributed by atoms with Crippen LogP contribution in [0.5, 0.6) is 0 Å². The van der Waals surface area contributed by atoms with Crippen LogP contribution in [0.15, 0.2) is 12.2 Å². The second-order valence-corrected chi connectivity index (χ2v) is 2.01. The zero-order chi connectivity index (χ0) is 6.57. The first-order valence-electron chi connectivity index (χ1n) is 2.91. The molecule has 0 radical (unpaired) electrons. The van der Waals surface area contributed by atoms with E-state index in [4.69, 9.17) is 5.41 Å². The van der Waals surface area contributed by atoms with Gasteiger partial charge in [0.15, 0.2) is 0 Å². The molecule has 8 heavy (non-hydrogen) atoms. The molecule has 0 amide bonds. The number of allylic oxidation sites excluding steroid dienone is 1. The number of rotatable bonds is 3. The fraction of sp³-hybridized carbons (Fsp3) is 0.571. The van der Waals surface area contributed by atoms with Gasteiger partial charge in [-0.2, -0.15) is 0 Å². The SMILES string of the molecule is C=C(C)C(=N)CCC. The van der Waals surface area contributed by atoms with E-state index in [2.05, 4.69) is 13.5 Å². The van der Waals surface area contributed by atoms with Crippen LogP contribution < -0.4 is 0 Å². The lowest BCUT2D eigenvalue weighted by molar-refractivity contribution is 0.984. The Bertz CT molecular complexity index is 103. The summed E-state index contributed by atoms with van der Waals surface area (Å²) in [4.78, 5) is 0. The summed E-state index contributed by atoms with van der Waals surface area (Å²) in [5.74, 6) is 0. The summed E-state index contributed by atoms with van der Waals surface area (Å²) < 4.78 is 0. The molecule has 0 aromatic rings. The molecule has 0 atom stereocenters. The maximum atomic E-state index is 7.24. The van der Waals surface area contributed by atoms with Gasteiger partial charge in [-0.25, -0.2) is 0 Å². The minimum Gasteiger partial charge on any atom is -0.305 e.